The van der Waals surface area contributed by atoms with E-state index in [2.05, 4.69) is 0 Å². The van der Waals surface area contributed by atoms with Crippen LogP contribution in [0.1, 0.15) is 32.1 Å². The Hall–Kier alpha value is -1.18. The Morgan fingerprint density at radius 1 is 0.938 bits per heavy atom. The van der Waals surface area contributed by atoms with E-state index >= 15 is 0 Å². The number of fused-ring (bicyclic) bond motifs is 1. The average molecular weight is 218 g/mol. The van der Waals surface area contributed by atoms with Crippen molar-refractivity contribution in [1.29, 1.82) is 0 Å². The van der Waals surface area contributed by atoms with Crippen LogP contribution in [0.5, 0.6) is 11.5 Å². The third kappa shape index (κ3) is 1.89. The van der Waals surface area contributed by atoms with E-state index in [0.29, 0.717) is 5.92 Å². The van der Waals surface area contributed by atoms with Gasteiger partial charge in [0.25, 0.3) is 0 Å². The Morgan fingerprint density at radius 2 is 1.69 bits per heavy atom. The van der Waals surface area contributed by atoms with Crippen molar-refractivity contribution in [2.24, 2.45) is 5.92 Å². The largest absolute Gasteiger partial charge is 0.486 e. The molecule has 0 aromatic heterocycles. The van der Waals surface area contributed by atoms with Gasteiger partial charge in [-0.25, -0.2) is 0 Å². The fourth-order valence-corrected chi connectivity index (χ4v) is 2.77. The molecule has 0 radical (unpaired) electrons. The first-order chi connectivity index (χ1) is 7.93. The first-order valence-electron chi connectivity index (χ1n) is 6.32. The van der Waals surface area contributed by atoms with Crippen LogP contribution in [0.15, 0.2) is 24.3 Å². The normalized spacial score (nSPS) is 25.4. The maximum Gasteiger partial charge on any atom is 0.161 e. The molecule has 1 heterocycles. The summed E-state index contributed by atoms with van der Waals surface area (Å²) in [5, 5.41) is 0. The molecule has 1 unspecified atom stereocenters. The van der Waals surface area contributed by atoms with E-state index in [0.717, 1.165) is 18.1 Å². The maximum atomic E-state index is 6.05. The summed E-state index contributed by atoms with van der Waals surface area (Å²) in [5.41, 5.74) is 0. The van der Waals surface area contributed by atoms with E-state index in [-0.39, 0.29) is 6.10 Å². The molecule has 2 aliphatic rings. The molecule has 1 aliphatic carbocycles. The van der Waals surface area contributed by atoms with Crippen molar-refractivity contribution in [3.8, 4) is 11.5 Å². The number of hydrogen-bond donors (Lipinski definition) is 0. The lowest BCUT2D eigenvalue weighted by atomic mass is 9.85. The van der Waals surface area contributed by atoms with Gasteiger partial charge in [0.15, 0.2) is 11.5 Å². The predicted octanol–water partition coefficient (Wildman–Crippen LogP) is 3.41. The zero-order chi connectivity index (χ0) is 10.8. The predicted molar refractivity (Wildman–Crippen MR) is 62.9 cm³/mol. The van der Waals surface area contributed by atoms with Gasteiger partial charge >= 0.3 is 0 Å². The Balaban J connectivity index is 1.72. The van der Waals surface area contributed by atoms with Crippen molar-refractivity contribution in [1.82, 2.24) is 0 Å². The lowest BCUT2D eigenvalue weighted by Gasteiger charge is -2.34. The van der Waals surface area contributed by atoms with E-state index in [1.54, 1.807) is 0 Å². The zero-order valence-corrected chi connectivity index (χ0v) is 9.52. The van der Waals surface area contributed by atoms with Gasteiger partial charge in [0.1, 0.15) is 12.7 Å². The van der Waals surface area contributed by atoms with Gasteiger partial charge in [-0.3, -0.25) is 0 Å². The number of ether oxygens (including phenoxy) is 2. The fraction of sp³-hybridized carbons (Fsp3) is 0.571. The Labute approximate surface area is 96.6 Å². The first-order valence-corrected chi connectivity index (χ1v) is 6.32. The summed E-state index contributed by atoms with van der Waals surface area (Å²) < 4.78 is 11.8. The minimum absolute atomic E-state index is 0.273. The lowest BCUT2D eigenvalue weighted by Crippen LogP contribution is -2.37. The summed E-state index contributed by atoms with van der Waals surface area (Å²) in [4.78, 5) is 0. The van der Waals surface area contributed by atoms with Crippen molar-refractivity contribution in [2.75, 3.05) is 6.61 Å². The van der Waals surface area contributed by atoms with Gasteiger partial charge in [0.2, 0.25) is 0 Å². The van der Waals surface area contributed by atoms with Crippen molar-refractivity contribution >= 4 is 0 Å². The molecule has 0 N–H and O–H groups in total. The molecular weight excluding hydrogens is 200 g/mol. The lowest BCUT2D eigenvalue weighted by molar-refractivity contribution is 0.0341. The van der Waals surface area contributed by atoms with Crippen molar-refractivity contribution in [2.45, 2.75) is 38.2 Å². The van der Waals surface area contributed by atoms with Crippen LogP contribution >= 0.6 is 0 Å². The Morgan fingerprint density at radius 3 is 2.50 bits per heavy atom. The highest BCUT2D eigenvalue weighted by Crippen LogP contribution is 2.36. The SMILES string of the molecule is c1ccc2c(c1)OCC(C1CCCCC1)O2. The molecule has 86 valence electrons. The number of para-hydroxylation sites is 2. The summed E-state index contributed by atoms with van der Waals surface area (Å²) in [5.74, 6) is 2.51. The number of rotatable bonds is 1. The van der Waals surface area contributed by atoms with Gasteiger partial charge in [-0.05, 0) is 30.9 Å². The molecule has 1 atom stereocenters. The van der Waals surface area contributed by atoms with Crippen LogP contribution in [0.25, 0.3) is 0 Å². The minimum atomic E-state index is 0.273. The van der Waals surface area contributed by atoms with Crippen LogP contribution in [0.4, 0.5) is 0 Å². The summed E-state index contributed by atoms with van der Waals surface area (Å²) >= 11 is 0. The Bertz CT molecular complexity index is 356. The topological polar surface area (TPSA) is 18.5 Å². The van der Waals surface area contributed by atoms with Gasteiger partial charge in [0.05, 0.1) is 0 Å². The minimum Gasteiger partial charge on any atom is -0.486 e. The first kappa shape index (κ1) is 10.0. The highest BCUT2D eigenvalue weighted by atomic mass is 16.6. The second-order valence-corrected chi connectivity index (χ2v) is 4.81. The number of hydrogen-bond acceptors (Lipinski definition) is 2. The van der Waals surface area contributed by atoms with E-state index in [1.165, 1.54) is 32.1 Å². The van der Waals surface area contributed by atoms with Gasteiger partial charge in [-0.1, -0.05) is 31.4 Å². The maximum absolute atomic E-state index is 6.05. The third-order valence-corrected chi connectivity index (χ3v) is 3.71. The molecule has 0 bridgehead atoms. The van der Waals surface area contributed by atoms with E-state index in [1.807, 2.05) is 24.3 Å². The molecule has 1 aromatic rings. The average Bonchev–Trinajstić information content (AvgIpc) is 2.39. The molecule has 2 heteroatoms. The molecule has 0 amide bonds. The molecule has 0 saturated heterocycles. The monoisotopic (exact) mass is 218 g/mol. The van der Waals surface area contributed by atoms with E-state index in [9.17, 15) is 0 Å². The zero-order valence-electron chi connectivity index (χ0n) is 9.52. The molecule has 1 aromatic carbocycles. The molecule has 16 heavy (non-hydrogen) atoms. The second kappa shape index (κ2) is 4.36. The fourth-order valence-electron chi connectivity index (χ4n) is 2.77. The van der Waals surface area contributed by atoms with Crippen LogP contribution in [-0.4, -0.2) is 12.7 Å². The van der Waals surface area contributed by atoms with E-state index < -0.39 is 0 Å². The molecule has 2 nitrogen and oxygen atoms in total. The smallest absolute Gasteiger partial charge is 0.161 e. The van der Waals surface area contributed by atoms with Gasteiger partial charge in [0, 0.05) is 0 Å². The molecular formula is C14H18O2. The van der Waals surface area contributed by atoms with Gasteiger partial charge < -0.3 is 9.47 Å². The van der Waals surface area contributed by atoms with Crippen molar-refractivity contribution in [3.63, 3.8) is 0 Å². The number of benzene rings is 1. The van der Waals surface area contributed by atoms with Crippen LogP contribution in [-0.2, 0) is 0 Å². The summed E-state index contributed by atoms with van der Waals surface area (Å²) in [6, 6.07) is 7.98. The standard InChI is InChI=1S/C14H18O2/c1-2-6-11(7-3-1)14-10-15-12-8-4-5-9-13(12)16-14/h4-5,8-9,11,14H,1-3,6-7,10H2. The molecule has 3 rings (SSSR count). The highest BCUT2D eigenvalue weighted by molar-refractivity contribution is 5.40. The molecule has 1 aliphatic heterocycles. The van der Waals surface area contributed by atoms with E-state index in [4.69, 9.17) is 9.47 Å². The van der Waals surface area contributed by atoms with Crippen LogP contribution in [0.3, 0.4) is 0 Å². The van der Waals surface area contributed by atoms with Gasteiger partial charge in [-0.2, -0.15) is 0 Å². The molecule has 0 spiro atoms. The van der Waals surface area contributed by atoms with Crippen molar-refractivity contribution < 1.29 is 9.47 Å². The van der Waals surface area contributed by atoms with Crippen molar-refractivity contribution in [3.05, 3.63) is 24.3 Å². The summed E-state index contributed by atoms with van der Waals surface area (Å²) in [6.45, 7) is 0.724. The molecule has 1 fully saturated rings. The Kier molecular flexibility index (Phi) is 2.73. The van der Waals surface area contributed by atoms with Gasteiger partial charge in [-0.15, -0.1) is 0 Å². The quantitative estimate of drug-likeness (QED) is 0.719. The van der Waals surface area contributed by atoms with Crippen LogP contribution < -0.4 is 9.47 Å². The highest BCUT2D eigenvalue weighted by Gasteiger charge is 2.29. The summed E-state index contributed by atoms with van der Waals surface area (Å²) in [7, 11) is 0. The molecule has 1 saturated carbocycles. The third-order valence-electron chi connectivity index (χ3n) is 3.71. The summed E-state index contributed by atoms with van der Waals surface area (Å²) in [6.07, 6.45) is 6.97. The second-order valence-electron chi connectivity index (χ2n) is 4.81. The van der Waals surface area contributed by atoms with Crippen LogP contribution in [0, 0.1) is 5.92 Å². The van der Waals surface area contributed by atoms with Crippen LogP contribution in [0.2, 0.25) is 0 Å².